The molecule has 1 atom stereocenters. The lowest BCUT2D eigenvalue weighted by Gasteiger charge is -2.23. The van der Waals surface area contributed by atoms with Crippen LogP contribution < -0.4 is 5.73 Å². The largest absolute Gasteiger partial charge is 0.326 e. The summed E-state index contributed by atoms with van der Waals surface area (Å²) in [6.45, 7) is 10.3. The smallest absolute Gasteiger partial charge is 0.0109 e. The third-order valence-electron chi connectivity index (χ3n) is 2.58. The maximum Gasteiger partial charge on any atom is 0.0109 e. The van der Waals surface area contributed by atoms with E-state index in [0.717, 1.165) is 12.3 Å². The van der Waals surface area contributed by atoms with Crippen LogP contribution in [0, 0.1) is 5.92 Å². The van der Waals surface area contributed by atoms with Crippen LogP contribution >= 0.6 is 0 Å². The minimum absolute atomic E-state index is 0.00578. The second-order valence-corrected chi connectivity index (χ2v) is 4.93. The molecule has 0 bridgehead atoms. The zero-order chi connectivity index (χ0) is 9.19. The molecule has 1 aliphatic rings. The Morgan fingerprint density at radius 3 is 2.58 bits per heavy atom. The zero-order valence-electron chi connectivity index (χ0n) is 8.64. The molecule has 1 rings (SSSR count). The van der Waals surface area contributed by atoms with Gasteiger partial charge >= 0.3 is 0 Å². The van der Waals surface area contributed by atoms with Crippen molar-refractivity contribution in [3.8, 4) is 0 Å². The molecule has 12 heavy (non-hydrogen) atoms. The van der Waals surface area contributed by atoms with E-state index in [1.165, 1.54) is 26.1 Å². The van der Waals surface area contributed by atoms with Gasteiger partial charge in [-0.05, 0) is 45.7 Å². The summed E-state index contributed by atoms with van der Waals surface area (Å²) >= 11 is 0. The Morgan fingerprint density at radius 2 is 2.17 bits per heavy atom. The normalized spacial score (nSPS) is 26.5. The molecule has 2 N–H and O–H groups in total. The van der Waals surface area contributed by atoms with Crippen molar-refractivity contribution in [3.05, 3.63) is 0 Å². The fourth-order valence-electron chi connectivity index (χ4n) is 1.68. The van der Waals surface area contributed by atoms with Gasteiger partial charge in [0.1, 0.15) is 0 Å². The second kappa shape index (κ2) is 3.75. The van der Waals surface area contributed by atoms with Crippen molar-refractivity contribution in [3.63, 3.8) is 0 Å². The predicted octanol–water partition coefficient (Wildman–Crippen LogP) is 1.46. The van der Waals surface area contributed by atoms with E-state index < -0.39 is 0 Å². The van der Waals surface area contributed by atoms with Gasteiger partial charge in [-0.1, -0.05) is 6.92 Å². The van der Waals surface area contributed by atoms with Gasteiger partial charge in [0.2, 0.25) is 0 Å². The highest BCUT2D eigenvalue weighted by atomic mass is 15.1. The standard InChI is InChI=1S/C10H22N2/c1-9-4-6-12(8-9)7-5-10(2,3)11/h9H,4-8,11H2,1-3H3. The van der Waals surface area contributed by atoms with Crippen LogP contribution in [0.1, 0.15) is 33.6 Å². The SMILES string of the molecule is CC1CCN(CCC(C)(C)N)C1. The van der Waals surface area contributed by atoms with Gasteiger partial charge in [0.05, 0.1) is 0 Å². The van der Waals surface area contributed by atoms with E-state index >= 15 is 0 Å². The number of nitrogens with two attached hydrogens (primary N) is 1. The summed E-state index contributed by atoms with van der Waals surface area (Å²) in [5, 5.41) is 0. The molecule has 1 fully saturated rings. The Morgan fingerprint density at radius 1 is 1.50 bits per heavy atom. The van der Waals surface area contributed by atoms with Crippen molar-refractivity contribution in [2.45, 2.75) is 39.2 Å². The van der Waals surface area contributed by atoms with E-state index in [2.05, 4.69) is 25.7 Å². The fourth-order valence-corrected chi connectivity index (χ4v) is 1.68. The second-order valence-electron chi connectivity index (χ2n) is 4.93. The molecule has 0 radical (unpaired) electrons. The van der Waals surface area contributed by atoms with Gasteiger partial charge in [-0.2, -0.15) is 0 Å². The van der Waals surface area contributed by atoms with Crippen molar-refractivity contribution in [1.82, 2.24) is 4.90 Å². The lowest BCUT2D eigenvalue weighted by molar-refractivity contribution is 0.290. The number of nitrogens with zero attached hydrogens (tertiary/aromatic N) is 1. The van der Waals surface area contributed by atoms with Gasteiger partial charge in [-0.15, -0.1) is 0 Å². The molecule has 0 saturated carbocycles. The minimum atomic E-state index is 0.00578. The highest BCUT2D eigenvalue weighted by Crippen LogP contribution is 2.16. The van der Waals surface area contributed by atoms with Crippen LogP contribution in [0.15, 0.2) is 0 Å². The number of hydrogen-bond acceptors (Lipinski definition) is 2. The van der Waals surface area contributed by atoms with Crippen LogP contribution in [-0.4, -0.2) is 30.1 Å². The topological polar surface area (TPSA) is 29.3 Å². The maximum atomic E-state index is 5.92. The van der Waals surface area contributed by atoms with E-state index in [1.54, 1.807) is 0 Å². The first-order valence-corrected chi connectivity index (χ1v) is 4.98. The van der Waals surface area contributed by atoms with Crippen molar-refractivity contribution >= 4 is 0 Å². The van der Waals surface area contributed by atoms with Gasteiger partial charge in [0.15, 0.2) is 0 Å². The van der Waals surface area contributed by atoms with Crippen LogP contribution in [0.3, 0.4) is 0 Å². The fraction of sp³-hybridized carbons (Fsp3) is 1.00. The number of rotatable bonds is 3. The van der Waals surface area contributed by atoms with Crippen LogP contribution in [0.4, 0.5) is 0 Å². The third kappa shape index (κ3) is 3.55. The molecule has 0 aromatic carbocycles. The average molecular weight is 170 g/mol. The highest BCUT2D eigenvalue weighted by molar-refractivity contribution is 4.77. The molecule has 72 valence electrons. The quantitative estimate of drug-likeness (QED) is 0.694. The van der Waals surface area contributed by atoms with Gasteiger partial charge < -0.3 is 10.6 Å². The monoisotopic (exact) mass is 170 g/mol. The molecule has 1 aliphatic heterocycles. The molecule has 1 saturated heterocycles. The summed E-state index contributed by atoms with van der Waals surface area (Å²) in [7, 11) is 0. The van der Waals surface area contributed by atoms with Crippen molar-refractivity contribution in [2.75, 3.05) is 19.6 Å². The van der Waals surface area contributed by atoms with Gasteiger partial charge in [-0.25, -0.2) is 0 Å². The molecule has 2 nitrogen and oxygen atoms in total. The minimum Gasteiger partial charge on any atom is -0.326 e. The van der Waals surface area contributed by atoms with Crippen molar-refractivity contribution in [1.29, 1.82) is 0 Å². The molecular weight excluding hydrogens is 148 g/mol. The summed E-state index contributed by atoms with van der Waals surface area (Å²) in [5.74, 6) is 0.894. The number of hydrogen-bond donors (Lipinski definition) is 1. The average Bonchev–Trinajstić information content (AvgIpc) is 2.30. The van der Waals surface area contributed by atoms with Crippen LogP contribution in [0.5, 0.6) is 0 Å². The first kappa shape index (κ1) is 10.0. The predicted molar refractivity (Wildman–Crippen MR) is 53.1 cm³/mol. The molecule has 1 heterocycles. The molecule has 0 aliphatic carbocycles. The Kier molecular flexibility index (Phi) is 3.13. The summed E-state index contributed by atoms with van der Waals surface area (Å²) < 4.78 is 0. The molecule has 0 spiro atoms. The first-order valence-electron chi connectivity index (χ1n) is 4.98. The number of likely N-dealkylation sites (tertiary alicyclic amines) is 1. The van der Waals surface area contributed by atoms with E-state index in [1.807, 2.05) is 0 Å². The lowest BCUT2D eigenvalue weighted by atomic mass is 10.0. The Bertz CT molecular complexity index is 137. The highest BCUT2D eigenvalue weighted by Gasteiger charge is 2.20. The third-order valence-corrected chi connectivity index (χ3v) is 2.58. The summed E-state index contributed by atoms with van der Waals surface area (Å²) in [6.07, 6.45) is 2.48. The Hall–Kier alpha value is -0.0800. The van der Waals surface area contributed by atoms with Crippen LogP contribution in [-0.2, 0) is 0 Å². The van der Waals surface area contributed by atoms with Crippen LogP contribution in [0.2, 0.25) is 0 Å². The van der Waals surface area contributed by atoms with Crippen molar-refractivity contribution in [2.24, 2.45) is 11.7 Å². The Labute approximate surface area is 76.1 Å². The van der Waals surface area contributed by atoms with Gasteiger partial charge in [-0.3, -0.25) is 0 Å². The first-order chi connectivity index (χ1) is 5.47. The summed E-state index contributed by atoms with van der Waals surface area (Å²) in [5.41, 5.74) is 5.93. The molecule has 1 unspecified atom stereocenters. The van der Waals surface area contributed by atoms with Crippen molar-refractivity contribution < 1.29 is 0 Å². The Balaban J connectivity index is 2.16. The van der Waals surface area contributed by atoms with E-state index in [9.17, 15) is 0 Å². The van der Waals surface area contributed by atoms with E-state index in [4.69, 9.17) is 5.73 Å². The van der Waals surface area contributed by atoms with Gasteiger partial charge in [0.25, 0.3) is 0 Å². The zero-order valence-corrected chi connectivity index (χ0v) is 8.64. The molecule has 2 heteroatoms. The summed E-state index contributed by atoms with van der Waals surface area (Å²) in [6, 6.07) is 0. The lowest BCUT2D eigenvalue weighted by Crippen LogP contribution is -2.36. The maximum absolute atomic E-state index is 5.92. The molecule has 0 aromatic rings. The van der Waals surface area contributed by atoms with E-state index in [0.29, 0.717) is 0 Å². The summed E-state index contributed by atoms with van der Waals surface area (Å²) in [4.78, 5) is 2.53. The molecule has 0 amide bonds. The van der Waals surface area contributed by atoms with Crippen LogP contribution in [0.25, 0.3) is 0 Å². The molecular formula is C10H22N2. The molecule has 0 aromatic heterocycles. The van der Waals surface area contributed by atoms with E-state index in [-0.39, 0.29) is 5.54 Å². The van der Waals surface area contributed by atoms with Gasteiger partial charge in [0, 0.05) is 12.1 Å².